The van der Waals surface area contributed by atoms with Gasteiger partial charge in [0.15, 0.2) is 11.6 Å². The van der Waals surface area contributed by atoms with E-state index in [0.717, 1.165) is 0 Å². The summed E-state index contributed by atoms with van der Waals surface area (Å²) >= 11 is 0. The second-order valence-electron chi connectivity index (χ2n) is 2.51. The topological polar surface area (TPSA) is 37.3 Å². The number of alkyl halides is 3. The Hall–Kier alpha value is -1.59. The van der Waals surface area contributed by atoms with E-state index in [1.165, 1.54) is 0 Å². The summed E-state index contributed by atoms with van der Waals surface area (Å²) in [7, 11) is 0. The summed E-state index contributed by atoms with van der Waals surface area (Å²) in [6.45, 7) is 0. The highest BCUT2D eigenvalue weighted by Gasteiger charge is 2.35. The highest BCUT2D eigenvalue weighted by Crippen LogP contribution is 2.37. The Kier molecular flexibility index (Phi) is 2.46. The molecule has 0 fully saturated rings. The van der Waals surface area contributed by atoms with Gasteiger partial charge in [0.1, 0.15) is 11.8 Å². The van der Waals surface area contributed by atoms with Crippen LogP contribution in [0.25, 0.3) is 0 Å². The van der Waals surface area contributed by atoms with Crippen LogP contribution >= 0.6 is 0 Å². The van der Waals surface area contributed by atoms with E-state index in [-0.39, 0.29) is 6.29 Å². The van der Waals surface area contributed by atoms with Crippen LogP contribution in [0.1, 0.15) is 15.9 Å². The first-order valence-corrected chi connectivity index (χ1v) is 3.41. The van der Waals surface area contributed by atoms with Crippen molar-refractivity contribution >= 4 is 6.29 Å². The summed E-state index contributed by atoms with van der Waals surface area (Å²) in [6, 6.07) is 0.906. The van der Waals surface area contributed by atoms with Gasteiger partial charge in [-0.05, 0) is 12.1 Å². The Balaban J connectivity index is 3.42. The van der Waals surface area contributed by atoms with Crippen molar-refractivity contribution in [2.24, 2.45) is 0 Å². The van der Waals surface area contributed by atoms with Gasteiger partial charge in [0.25, 0.3) is 0 Å². The first kappa shape index (κ1) is 10.5. The second kappa shape index (κ2) is 3.28. The largest absolute Gasteiger partial charge is 0.504 e. The molecule has 0 aliphatic carbocycles. The molecule has 1 rings (SSSR count). The maximum Gasteiger partial charge on any atom is 0.420 e. The molecule has 0 bridgehead atoms. The van der Waals surface area contributed by atoms with E-state index in [1.807, 2.05) is 0 Å². The molecule has 1 aromatic carbocycles. The van der Waals surface area contributed by atoms with Gasteiger partial charge >= 0.3 is 6.18 Å². The van der Waals surface area contributed by atoms with E-state index in [0.29, 0.717) is 12.1 Å². The van der Waals surface area contributed by atoms with E-state index < -0.39 is 28.9 Å². The van der Waals surface area contributed by atoms with Gasteiger partial charge in [-0.2, -0.15) is 13.2 Å². The molecule has 0 atom stereocenters. The molecule has 0 radical (unpaired) electrons. The Bertz CT molecular complexity index is 370. The minimum atomic E-state index is -4.88. The zero-order chi connectivity index (χ0) is 10.9. The fourth-order valence-electron chi connectivity index (χ4n) is 0.904. The number of hydrogen-bond donors (Lipinski definition) is 1. The van der Waals surface area contributed by atoms with Crippen molar-refractivity contribution in [1.82, 2.24) is 0 Å². The van der Waals surface area contributed by atoms with Crippen LogP contribution in [0.3, 0.4) is 0 Å². The number of halogens is 4. The van der Waals surface area contributed by atoms with E-state index in [2.05, 4.69) is 0 Å². The van der Waals surface area contributed by atoms with Crippen molar-refractivity contribution in [1.29, 1.82) is 0 Å². The number of benzene rings is 1. The van der Waals surface area contributed by atoms with Crippen molar-refractivity contribution in [3.63, 3.8) is 0 Å². The Morgan fingerprint density at radius 1 is 1.29 bits per heavy atom. The van der Waals surface area contributed by atoms with Crippen LogP contribution in [0.15, 0.2) is 12.1 Å². The fraction of sp³-hybridized carbons (Fsp3) is 0.125. The quantitative estimate of drug-likeness (QED) is 0.568. The highest BCUT2D eigenvalue weighted by atomic mass is 19.4. The average molecular weight is 208 g/mol. The lowest BCUT2D eigenvalue weighted by Gasteiger charge is -2.09. The zero-order valence-corrected chi connectivity index (χ0v) is 6.60. The number of aromatic hydroxyl groups is 1. The van der Waals surface area contributed by atoms with E-state index in [1.54, 1.807) is 0 Å². The Morgan fingerprint density at radius 2 is 1.86 bits per heavy atom. The normalized spacial score (nSPS) is 11.4. The predicted octanol–water partition coefficient (Wildman–Crippen LogP) is 2.36. The number of aldehydes is 1. The molecule has 0 aliphatic rings. The molecule has 0 aliphatic heterocycles. The molecule has 1 N–H and O–H groups in total. The van der Waals surface area contributed by atoms with Gasteiger partial charge in [-0.15, -0.1) is 0 Å². The minimum Gasteiger partial charge on any atom is -0.504 e. The third-order valence-corrected chi connectivity index (χ3v) is 1.53. The maximum atomic E-state index is 12.6. The van der Waals surface area contributed by atoms with Crippen LogP contribution in [0, 0.1) is 5.82 Å². The lowest BCUT2D eigenvalue weighted by Crippen LogP contribution is -2.07. The Morgan fingerprint density at radius 3 is 2.29 bits per heavy atom. The first-order valence-electron chi connectivity index (χ1n) is 3.41. The lowest BCUT2D eigenvalue weighted by molar-refractivity contribution is -0.139. The van der Waals surface area contributed by atoms with E-state index in [9.17, 15) is 22.4 Å². The number of hydrogen-bond acceptors (Lipinski definition) is 2. The number of rotatable bonds is 1. The Labute approximate surface area is 75.8 Å². The van der Waals surface area contributed by atoms with Gasteiger partial charge < -0.3 is 5.11 Å². The van der Waals surface area contributed by atoms with Gasteiger partial charge in [-0.3, -0.25) is 4.79 Å². The van der Waals surface area contributed by atoms with Crippen molar-refractivity contribution in [2.45, 2.75) is 6.18 Å². The molecular formula is C8H4F4O2. The second-order valence-corrected chi connectivity index (χ2v) is 2.51. The molecule has 76 valence electrons. The van der Waals surface area contributed by atoms with Crippen LogP contribution in [0.2, 0.25) is 0 Å². The van der Waals surface area contributed by atoms with Crippen molar-refractivity contribution in [3.05, 3.63) is 29.1 Å². The molecule has 0 spiro atoms. The number of carbonyl (C=O) groups is 1. The summed E-state index contributed by atoms with van der Waals surface area (Å²) in [4.78, 5) is 10.1. The molecule has 2 nitrogen and oxygen atoms in total. The van der Waals surface area contributed by atoms with Gasteiger partial charge in [-0.1, -0.05) is 0 Å². The summed E-state index contributed by atoms with van der Waals surface area (Å²) in [5, 5.41) is 8.74. The van der Waals surface area contributed by atoms with Crippen molar-refractivity contribution in [3.8, 4) is 5.75 Å². The van der Waals surface area contributed by atoms with Crippen LogP contribution < -0.4 is 0 Å². The average Bonchev–Trinajstić information content (AvgIpc) is 2.07. The van der Waals surface area contributed by atoms with Crippen LogP contribution in [-0.2, 0) is 6.18 Å². The smallest absolute Gasteiger partial charge is 0.420 e. The molecule has 1 aromatic rings. The van der Waals surface area contributed by atoms with Gasteiger partial charge in [0.05, 0.1) is 0 Å². The number of carbonyl (C=O) groups excluding carboxylic acids is 1. The minimum absolute atomic E-state index is 0.0672. The van der Waals surface area contributed by atoms with Crippen molar-refractivity contribution < 1.29 is 27.5 Å². The van der Waals surface area contributed by atoms with Gasteiger partial charge in [0.2, 0.25) is 0 Å². The summed E-state index contributed by atoms with van der Waals surface area (Å²) < 4.78 is 49.0. The van der Waals surface area contributed by atoms with Gasteiger partial charge in [-0.25, -0.2) is 4.39 Å². The molecule has 0 saturated heterocycles. The third-order valence-electron chi connectivity index (χ3n) is 1.53. The predicted molar refractivity (Wildman–Crippen MR) is 38.5 cm³/mol. The summed E-state index contributed by atoms with van der Waals surface area (Å²) in [6.07, 6.45) is -4.82. The third kappa shape index (κ3) is 1.84. The van der Waals surface area contributed by atoms with E-state index in [4.69, 9.17) is 5.11 Å². The summed E-state index contributed by atoms with van der Waals surface area (Å²) in [5.41, 5.74) is -2.03. The SMILES string of the molecule is O=Cc1cc(F)c(O)c(C(F)(F)F)c1. The molecule has 0 heterocycles. The standard InChI is InChI=1S/C8H4F4O2/c9-6-2-4(3-13)1-5(7(6)14)8(10,11)12/h1-3,14H. The van der Waals surface area contributed by atoms with E-state index >= 15 is 0 Å². The van der Waals surface area contributed by atoms with Gasteiger partial charge in [0, 0.05) is 5.56 Å². The molecule has 6 heteroatoms. The fourth-order valence-corrected chi connectivity index (χ4v) is 0.904. The monoisotopic (exact) mass is 208 g/mol. The van der Waals surface area contributed by atoms with Crippen molar-refractivity contribution in [2.75, 3.05) is 0 Å². The van der Waals surface area contributed by atoms with Crippen LogP contribution in [-0.4, -0.2) is 11.4 Å². The maximum absolute atomic E-state index is 12.6. The highest BCUT2D eigenvalue weighted by molar-refractivity contribution is 5.75. The molecule has 0 amide bonds. The lowest BCUT2D eigenvalue weighted by atomic mass is 10.1. The molecule has 0 unspecified atom stereocenters. The molecule has 0 saturated carbocycles. The number of phenolic OH excluding ortho intramolecular Hbond substituents is 1. The van der Waals surface area contributed by atoms with Crippen LogP contribution in [0.4, 0.5) is 17.6 Å². The first-order chi connectivity index (χ1) is 6.36. The van der Waals surface area contributed by atoms with Crippen LogP contribution in [0.5, 0.6) is 5.75 Å². The zero-order valence-electron chi connectivity index (χ0n) is 6.60. The molecular weight excluding hydrogens is 204 g/mol. The molecule has 14 heavy (non-hydrogen) atoms. The number of phenols is 1. The molecule has 0 aromatic heterocycles. The summed E-state index contributed by atoms with van der Waals surface area (Å²) in [5.74, 6) is -2.97.